The summed E-state index contributed by atoms with van der Waals surface area (Å²) < 4.78 is 0. The molecule has 8 nitrogen and oxygen atoms in total. The molecule has 0 saturated carbocycles. The van der Waals surface area contributed by atoms with Crippen LogP contribution in [0.5, 0.6) is 0 Å². The van der Waals surface area contributed by atoms with Crippen molar-refractivity contribution in [1.82, 2.24) is 30.3 Å². The number of carbonyl (C=O) groups excluding carboxylic acids is 1. The van der Waals surface area contributed by atoms with Gasteiger partial charge in [-0.25, -0.2) is 9.98 Å². The smallest absolute Gasteiger partial charge is 0.243 e. The zero-order valence-corrected chi connectivity index (χ0v) is 17.9. The first-order valence-electron chi connectivity index (χ1n) is 8.56. The van der Waals surface area contributed by atoms with Crippen LogP contribution in [0.25, 0.3) is 0 Å². The fourth-order valence-corrected chi connectivity index (χ4v) is 2.62. The number of rotatable bonds is 5. The molecule has 1 aromatic heterocycles. The average molecular weight is 463 g/mol. The monoisotopic (exact) mass is 463 g/mol. The molecule has 2 rings (SSSR count). The molecule has 1 amide bonds. The number of carbonyl (C=O) groups is 1. The van der Waals surface area contributed by atoms with Crippen LogP contribution in [0.15, 0.2) is 11.3 Å². The molecule has 0 unspecified atom stereocenters. The number of guanidine groups is 1. The van der Waals surface area contributed by atoms with Crippen molar-refractivity contribution in [3.63, 3.8) is 0 Å². The Balaban J connectivity index is 0.00000312. The first kappa shape index (κ1) is 21.7. The van der Waals surface area contributed by atoms with E-state index in [4.69, 9.17) is 0 Å². The van der Waals surface area contributed by atoms with Crippen LogP contribution in [-0.4, -0.2) is 77.1 Å². The summed E-state index contributed by atoms with van der Waals surface area (Å²) in [6, 6.07) is 0. The molecule has 0 aliphatic carbocycles. The van der Waals surface area contributed by atoms with Gasteiger partial charge in [-0.3, -0.25) is 9.89 Å². The summed E-state index contributed by atoms with van der Waals surface area (Å²) in [4.78, 5) is 24.4. The number of nitrogens with zero attached hydrogens (tertiary/aromatic N) is 5. The predicted molar refractivity (Wildman–Crippen MR) is 109 cm³/mol. The summed E-state index contributed by atoms with van der Waals surface area (Å²) in [5, 5.41) is 10.3. The quantitative estimate of drug-likeness (QED) is 0.391. The van der Waals surface area contributed by atoms with Crippen LogP contribution in [0, 0.1) is 5.92 Å². The van der Waals surface area contributed by atoms with E-state index >= 15 is 0 Å². The highest BCUT2D eigenvalue weighted by Crippen LogP contribution is 2.24. The number of amides is 1. The predicted octanol–water partition coefficient (Wildman–Crippen LogP) is 1.29. The Morgan fingerprint density at radius 1 is 1.44 bits per heavy atom. The van der Waals surface area contributed by atoms with Gasteiger partial charge in [0.1, 0.15) is 18.7 Å². The zero-order valence-electron chi connectivity index (χ0n) is 15.5. The molecule has 25 heavy (non-hydrogen) atoms. The van der Waals surface area contributed by atoms with Crippen molar-refractivity contribution in [2.45, 2.75) is 32.6 Å². The molecule has 0 radical (unpaired) electrons. The topological polar surface area (TPSA) is 89.5 Å². The minimum atomic E-state index is 0. The Bertz CT molecular complexity index is 537. The van der Waals surface area contributed by atoms with E-state index in [1.165, 1.54) is 0 Å². The molecule has 9 heteroatoms. The Hall–Kier alpha value is -1.39. The number of aromatic amines is 1. The van der Waals surface area contributed by atoms with Crippen LogP contribution in [0.2, 0.25) is 0 Å². The molecule has 0 bridgehead atoms. The Kier molecular flexibility index (Phi) is 9.15. The molecule has 2 N–H and O–H groups in total. The Morgan fingerprint density at radius 2 is 2.12 bits per heavy atom. The molecule has 0 aromatic carbocycles. The number of likely N-dealkylation sites (tertiary alicyclic amines) is 1. The number of hydrogen-bond acceptors (Lipinski definition) is 4. The second-order valence-corrected chi connectivity index (χ2v) is 6.83. The third kappa shape index (κ3) is 6.79. The highest BCUT2D eigenvalue weighted by Gasteiger charge is 2.24. The fraction of sp³-hybridized carbons (Fsp3) is 0.750. The van der Waals surface area contributed by atoms with Crippen molar-refractivity contribution in [3.8, 4) is 0 Å². The average Bonchev–Trinajstić information content (AvgIpc) is 3.09. The van der Waals surface area contributed by atoms with Crippen LogP contribution in [0.4, 0.5) is 0 Å². The van der Waals surface area contributed by atoms with Gasteiger partial charge in [0.25, 0.3) is 0 Å². The number of aliphatic imine (C=N–C) groups is 1. The van der Waals surface area contributed by atoms with E-state index in [1.54, 1.807) is 25.3 Å². The van der Waals surface area contributed by atoms with Crippen molar-refractivity contribution in [2.75, 3.05) is 40.3 Å². The first-order valence-corrected chi connectivity index (χ1v) is 8.56. The highest BCUT2D eigenvalue weighted by atomic mass is 127. The van der Waals surface area contributed by atoms with Gasteiger partial charge in [0.05, 0.1) is 0 Å². The number of aromatic nitrogens is 3. The lowest BCUT2D eigenvalue weighted by molar-refractivity contribution is -0.127. The van der Waals surface area contributed by atoms with Gasteiger partial charge in [-0.15, -0.1) is 24.0 Å². The number of likely N-dealkylation sites (N-methyl/N-ethyl adjacent to an activating group) is 1. The third-order valence-corrected chi connectivity index (χ3v) is 4.15. The zero-order chi connectivity index (χ0) is 17.5. The molecular formula is C16H30IN7O. The molecule has 0 atom stereocenters. The minimum absolute atomic E-state index is 0. The molecular weight excluding hydrogens is 433 g/mol. The Labute approximate surface area is 166 Å². The van der Waals surface area contributed by atoms with Crippen molar-refractivity contribution >= 4 is 35.8 Å². The molecule has 0 spiro atoms. The number of hydrogen-bond donors (Lipinski definition) is 2. The second kappa shape index (κ2) is 10.6. The molecule has 2 heterocycles. The maximum absolute atomic E-state index is 11.8. The van der Waals surface area contributed by atoms with E-state index in [0.717, 1.165) is 44.3 Å². The second-order valence-electron chi connectivity index (χ2n) is 6.83. The SMILES string of the molecule is CC(C)CNC(=NCC(=O)N(C)C)N1CCC(c2ncn[nH]2)CC1.I. The van der Waals surface area contributed by atoms with Gasteiger partial charge in [-0.1, -0.05) is 13.8 Å². The van der Waals surface area contributed by atoms with Crippen LogP contribution < -0.4 is 5.32 Å². The lowest BCUT2D eigenvalue weighted by atomic mass is 9.96. The normalized spacial score (nSPS) is 15.9. The van der Waals surface area contributed by atoms with Crippen molar-refractivity contribution in [1.29, 1.82) is 0 Å². The maximum atomic E-state index is 11.8. The van der Waals surface area contributed by atoms with E-state index in [1.807, 2.05) is 0 Å². The molecule has 1 aliphatic heterocycles. The van der Waals surface area contributed by atoms with Gasteiger partial charge in [0.2, 0.25) is 5.91 Å². The van der Waals surface area contributed by atoms with Gasteiger partial charge in [0.15, 0.2) is 5.96 Å². The van der Waals surface area contributed by atoms with Gasteiger partial charge in [0, 0.05) is 39.6 Å². The largest absolute Gasteiger partial charge is 0.356 e. The van der Waals surface area contributed by atoms with Gasteiger partial charge < -0.3 is 15.1 Å². The lowest BCUT2D eigenvalue weighted by Crippen LogP contribution is -2.46. The maximum Gasteiger partial charge on any atom is 0.243 e. The number of H-pyrrole nitrogens is 1. The first-order chi connectivity index (χ1) is 11.5. The van der Waals surface area contributed by atoms with Gasteiger partial charge >= 0.3 is 0 Å². The van der Waals surface area contributed by atoms with Crippen LogP contribution in [0.3, 0.4) is 0 Å². The summed E-state index contributed by atoms with van der Waals surface area (Å²) in [5.41, 5.74) is 0. The van der Waals surface area contributed by atoms with E-state index in [0.29, 0.717) is 11.8 Å². The molecule has 1 fully saturated rings. The minimum Gasteiger partial charge on any atom is -0.356 e. The van der Waals surface area contributed by atoms with E-state index in [-0.39, 0.29) is 36.4 Å². The molecule has 1 aliphatic rings. The standard InChI is InChI=1S/C16H29N7O.HI/c1-12(2)9-17-16(18-10-14(24)22(3)4)23-7-5-13(6-8-23)15-19-11-20-21-15;/h11-13H,5-10H2,1-4H3,(H,17,18)(H,19,20,21);1H. The lowest BCUT2D eigenvalue weighted by Gasteiger charge is -2.34. The molecule has 1 saturated heterocycles. The summed E-state index contributed by atoms with van der Waals surface area (Å²) in [5.74, 6) is 2.74. The summed E-state index contributed by atoms with van der Waals surface area (Å²) in [7, 11) is 3.50. The van der Waals surface area contributed by atoms with Crippen LogP contribution in [-0.2, 0) is 4.79 Å². The van der Waals surface area contributed by atoms with Crippen LogP contribution >= 0.6 is 24.0 Å². The number of piperidine rings is 1. The summed E-state index contributed by atoms with van der Waals surface area (Å²) in [6.07, 6.45) is 3.56. The molecule has 142 valence electrons. The third-order valence-electron chi connectivity index (χ3n) is 4.15. The van der Waals surface area contributed by atoms with E-state index < -0.39 is 0 Å². The summed E-state index contributed by atoms with van der Waals surface area (Å²) in [6.45, 7) is 7.13. The Morgan fingerprint density at radius 3 is 2.64 bits per heavy atom. The van der Waals surface area contributed by atoms with Crippen molar-refractivity contribution in [2.24, 2.45) is 10.9 Å². The fourth-order valence-electron chi connectivity index (χ4n) is 2.62. The number of halogens is 1. The van der Waals surface area contributed by atoms with Gasteiger partial charge in [-0.2, -0.15) is 5.10 Å². The van der Waals surface area contributed by atoms with Crippen molar-refractivity contribution in [3.05, 3.63) is 12.2 Å². The van der Waals surface area contributed by atoms with E-state index in [2.05, 4.69) is 44.2 Å². The van der Waals surface area contributed by atoms with Crippen LogP contribution in [0.1, 0.15) is 38.4 Å². The molecule has 1 aromatic rings. The summed E-state index contributed by atoms with van der Waals surface area (Å²) >= 11 is 0. The van der Waals surface area contributed by atoms with E-state index in [9.17, 15) is 4.79 Å². The highest BCUT2D eigenvalue weighted by molar-refractivity contribution is 14.0. The van der Waals surface area contributed by atoms with Gasteiger partial charge in [-0.05, 0) is 18.8 Å². The van der Waals surface area contributed by atoms with Crippen molar-refractivity contribution < 1.29 is 4.79 Å². The number of nitrogens with one attached hydrogen (secondary N) is 2.